The molecule has 1 heterocycles. The summed E-state index contributed by atoms with van der Waals surface area (Å²) in [6.07, 6.45) is 4.36. The van der Waals surface area contributed by atoms with Crippen molar-refractivity contribution in [2.75, 3.05) is 26.3 Å². The minimum atomic E-state index is 0.106. The average molecular weight is 305 g/mol. The first-order valence-corrected chi connectivity index (χ1v) is 8.38. The van der Waals surface area contributed by atoms with Crippen molar-refractivity contribution < 1.29 is 14.3 Å². The van der Waals surface area contributed by atoms with E-state index < -0.39 is 0 Å². The first kappa shape index (κ1) is 16.8. The van der Waals surface area contributed by atoms with Crippen LogP contribution in [0.15, 0.2) is 24.3 Å². The van der Waals surface area contributed by atoms with Crippen LogP contribution in [-0.2, 0) is 4.74 Å². The number of benzene rings is 1. The second-order valence-corrected chi connectivity index (χ2v) is 5.76. The Hall–Kier alpha value is -1.55. The number of rotatable bonds is 8. The van der Waals surface area contributed by atoms with Gasteiger partial charge in [-0.3, -0.25) is 4.79 Å². The molecule has 4 nitrogen and oxygen atoms in total. The Balaban J connectivity index is 1.90. The van der Waals surface area contributed by atoms with Crippen molar-refractivity contribution in [1.29, 1.82) is 0 Å². The van der Waals surface area contributed by atoms with Gasteiger partial charge >= 0.3 is 0 Å². The van der Waals surface area contributed by atoms with Crippen molar-refractivity contribution >= 4 is 5.91 Å². The van der Waals surface area contributed by atoms with Crippen LogP contribution in [0.4, 0.5) is 0 Å². The number of amides is 1. The van der Waals surface area contributed by atoms with Gasteiger partial charge in [-0.1, -0.05) is 13.8 Å². The van der Waals surface area contributed by atoms with E-state index in [1.165, 1.54) is 0 Å². The van der Waals surface area contributed by atoms with Gasteiger partial charge in [-0.15, -0.1) is 0 Å². The number of hydrogen-bond acceptors (Lipinski definition) is 3. The van der Waals surface area contributed by atoms with Crippen molar-refractivity contribution in [3.8, 4) is 5.75 Å². The van der Waals surface area contributed by atoms with Crippen molar-refractivity contribution in [3.63, 3.8) is 0 Å². The van der Waals surface area contributed by atoms with Crippen molar-refractivity contribution in [2.24, 2.45) is 0 Å². The van der Waals surface area contributed by atoms with E-state index in [4.69, 9.17) is 9.47 Å². The number of hydrogen-bond donors (Lipinski definition) is 0. The fraction of sp³-hybridized carbons (Fsp3) is 0.611. The Labute approximate surface area is 133 Å². The quantitative estimate of drug-likeness (QED) is 0.738. The molecule has 0 aliphatic carbocycles. The van der Waals surface area contributed by atoms with Crippen LogP contribution in [0, 0.1) is 0 Å². The maximum atomic E-state index is 12.5. The summed E-state index contributed by atoms with van der Waals surface area (Å²) in [4.78, 5) is 14.4. The number of ether oxygens (including phenoxy) is 2. The van der Waals surface area contributed by atoms with E-state index in [2.05, 4.69) is 13.8 Å². The van der Waals surface area contributed by atoms with Crippen LogP contribution in [0.5, 0.6) is 5.75 Å². The van der Waals surface area contributed by atoms with Gasteiger partial charge in [0.15, 0.2) is 0 Å². The van der Waals surface area contributed by atoms with Crippen LogP contribution in [-0.4, -0.2) is 43.2 Å². The van der Waals surface area contributed by atoms with E-state index in [1.54, 1.807) is 0 Å². The summed E-state index contributed by atoms with van der Waals surface area (Å²) in [6, 6.07) is 7.45. The lowest BCUT2D eigenvalue weighted by Gasteiger charge is -2.21. The highest BCUT2D eigenvalue weighted by Crippen LogP contribution is 2.17. The highest BCUT2D eigenvalue weighted by molar-refractivity contribution is 5.94. The van der Waals surface area contributed by atoms with Crippen LogP contribution in [0.3, 0.4) is 0 Å². The topological polar surface area (TPSA) is 38.8 Å². The predicted molar refractivity (Wildman–Crippen MR) is 87.4 cm³/mol. The van der Waals surface area contributed by atoms with Gasteiger partial charge in [0, 0.05) is 25.3 Å². The minimum Gasteiger partial charge on any atom is -0.491 e. The Morgan fingerprint density at radius 2 is 1.91 bits per heavy atom. The van der Waals surface area contributed by atoms with Gasteiger partial charge in [0.05, 0.1) is 6.10 Å². The highest BCUT2D eigenvalue weighted by atomic mass is 16.5. The molecule has 1 atom stereocenters. The molecule has 4 heteroatoms. The molecule has 0 saturated carbocycles. The molecule has 1 saturated heterocycles. The molecule has 1 aliphatic heterocycles. The molecule has 1 aliphatic rings. The zero-order valence-corrected chi connectivity index (χ0v) is 13.7. The molecule has 2 rings (SSSR count). The molecular weight excluding hydrogens is 278 g/mol. The molecule has 122 valence electrons. The van der Waals surface area contributed by atoms with Crippen LogP contribution in [0.2, 0.25) is 0 Å². The van der Waals surface area contributed by atoms with Crippen molar-refractivity contribution in [3.05, 3.63) is 29.8 Å². The van der Waals surface area contributed by atoms with E-state index >= 15 is 0 Å². The number of carbonyl (C=O) groups excluding carboxylic acids is 1. The Bertz CT molecular complexity index is 446. The molecular formula is C18H27NO3. The highest BCUT2D eigenvalue weighted by Gasteiger charge is 2.17. The van der Waals surface area contributed by atoms with E-state index in [0.29, 0.717) is 6.61 Å². The fourth-order valence-electron chi connectivity index (χ4n) is 2.70. The number of nitrogens with zero attached hydrogens (tertiary/aromatic N) is 1. The second kappa shape index (κ2) is 8.79. The molecule has 1 fully saturated rings. The smallest absolute Gasteiger partial charge is 0.253 e. The standard InChI is InChI=1S/C18H27NO3/c1-3-11-19(12-4-2)18(20)15-7-9-16(10-8-15)22-14-17-6-5-13-21-17/h7-10,17H,3-6,11-14H2,1-2H3. The first-order chi connectivity index (χ1) is 10.7. The van der Waals surface area contributed by atoms with Crippen LogP contribution < -0.4 is 4.74 Å². The van der Waals surface area contributed by atoms with Crippen LogP contribution in [0.25, 0.3) is 0 Å². The molecule has 1 amide bonds. The van der Waals surface area contributed by atoms with Crippen LogP contribution in [0.1, 0.15) is 49.9 Å². The lowest BCUT2D eigenvalue weighted by Crippen LogP contribution is -2.32. The minimum absolute atomic E-state index is 0.106. The summed E-state index contributed by atoms with van der Waals surface area (Å²) in [5.41, 5.74) is 0.728. The summed E-state index contributed by atoms with van der Waals surface area (Å²) in [6.45, 7) is 7.24. The predicted octanol–water partition coefficient (Wildman–Crippen LogP) is 3.51. The average Bonchev–Trinajstić information content (AvgIpc) is 3.06. The van der Waals surface area contributed by atoms with Gasteiger partial charge in [-0.2, -0.15) is 0 Å². The molecule has 22 heavy (non-hydrogen) atoms. The SMILES string of the molecule is CCCN(CCC)C(=O)c1ccc(OCC2CCCO2)cc1. The molecule has 0 aromatic heterocycles. The Morgan fingerprint density at radius 1 is 1.23 bits per heavy atom. The third-order valence-electron chi connectivity index (χ3n) is 3.84. The molecule has 0 bridgehead atoms. The maximum Gasteiger partial charge on any atom is 0.253 e. The molecule has 1 aromatic carbocycles. The summed E-state index contributed by atoms with van der Waals surface area (Å²) in [5.74, 6) is 0.902. The molecule has 1 unspecified atom stereocenters. The third kappa shape index (κ3) is 4.73. The van der Waals surface area contributed by atoms with Crippen molar-refractivity contribution in [1.82, 2.24) is 4.90 Å². The summed E-state index contributed by atoms with van der Waals surface area (Å²) >= 11 is 0. The van der Waals surface area contributed by atoms with Crippen molar-refractivity contribution in [2.45, 2.75) is 45.6 Å². The Kier molecular flexibility index (Phi) is 6.72. The molecule has 0 spiro atoms. The van der Waals surface area contributed by atoms with Crippen LogP contribution >= 0.6 is 0 Å². The zero-order chi connectivity index (χ0) is 15.8. The third-order valence-corrected chi connectivity index (χ3v) is 3.84. The largest absolute Gasteiger partial charge is 0.491 e. The zero-order valence-electron chi connectivity index (χ0n) is 13.7. The lowest BCUT2D eigenvalue weighted by molar-refractivity contribution is 0.0678. The lowest BCUT2D eigenvalue weighted by atomic mass is 10.1. The molecule has 1 aromatic rings. The van der Waals surface area contributed by atoms with Gasteiger partial charge in [0.1, 0.15) is 12.4 Å². The van der Waals surface area contributed by atoms with E-state index in [9.17, 15) is 4.79 Å². The van der Waals surface area contributed by atoms with E-state index in [1.807, 2.05) is 29.2 Å². The van der Waals surface area contributed by atoms with Gasteiger partial charge in [0.25, 0.3) is 5.91 Å². The first-order valence-electron chi connectivity index (χ1n) is 8.38. The van der Waals surface area contributed by atoms with Gasteiger partial charge in [0.2, 0.25) is 0 Å². The normalized spacial score (nSPS) is 17.5. The summed E-state index contributed by atoms with van der Waals surface area (Å²) < 4.78 is 11.3. The number of carbonyl (C=O) groups is 1. The van der Waals surface area contributed by atoms with E-state index in [-0.39, 0.29) is 12.0 Å². The van der Waals surface area contributed by atoms with Gasteiger partial charge in [-0.25, -0.2) is 0 Å². The maximum absolute atomic E-state index is 12.5. The molecule has 0 N–H and O–H groups in total. The summed E-state index contributed by atoms with van der Waals surface area (Å²) in [7, 11) is 0. The van der Waals surface area contributed by atoms with Gasteiger partial charge in [-0.05, 0) is 49.9 Å². The van der Waals surface area contributed by atoms with E-state index in [0.717, 1.165) is 56.7 Å². The molecule has 0 radical (unpaired) electrons. The fourth-order valence-corrected chi connectivity index (χ4v) is 2.70. The second-order valence-electron chi connectivity index (χ2n) is 5.76. The Morgan fingerprint density at radius 3 is 2.45 bits per heavy atom. The monoisotopic (exact) mass is 305 g/mol. The summed E-state index contributed by atoms with van der Waals surface area (Å²) in [5, 5.41) is 0. The van der Waals surface area contributed by atoms with Gasteiger partial charge < -0.3 is 14.4 Å².